The van der Waals surface area contributed by atoms with E-state index in [0.29, 0.717) is 17.3 Å². The molecule has 11 heavy (non-hydrogen) atoms. The molecule has 64 valence electrons. The number of carbonyl (C=O) groups excluding carboxylic acids is 1. The van der Waals surface area contributed by atoms with Crippen molar-refractivity contribution >= 4 is 34.6 Å². The quantitative estimate of drug-likeness (QED) is 0.382. The van der Waals surface area contributed by atoms with E-state index < -0.39 is 5.44 Å². The van der Waals surface area contributed by atoms with Gasteiger partial charge in [-0.05, 0) is 30.9 Å². The van der Waals surface area contributed by atoms with Gasteiger partial charge in [-0.2, -0.15) is 0 Å². The van der Waals surface area contributed by atoms with Crippen LogP contribution in [0.4, 0.5) is 0 Å². The van der Waals surface area contributed by atoms with E-state index in [1.54, 1.807) is 0 Å². The summed E-state index contributed by atoms with van der Waals surface area (Å²) >= 11 is 5.85. The number of thiocarbonyl (C=S) groups is 1. The molecular weight excluding hydrogens is 184 g/mol. The van der Waals surface area contributed by atoms with Crippen molar-refractivity contribution in [2.24, 2.45) is 0 Å². The average Bonchev–Trinajstić information content (AvgIpc) is 2.01. The van der Waals surface area contributed by atoms with Gasteiger partial charge in [-0.15, -0.1) is 0 Å². The van der Waals surface area contributed by atoms with Crippen LogP contribution in [-0.4, -0.2) is 29.8 Å². The molecule has 0 spiro atoms. The SMILES string of the molecule is CCOC(=S)SC(C=O)OC. The van der Waals surface area contributed by atoms with Crippen LogP contribution in [0.3, 0.4) is 0 Å². The molecular formula is C6H10O3S2. The Bertz CT molecular complexity index is 138. The molecule has 0 saturated heterocycles. The summed E-state index contributed by atoms with van der Waals surface area (Å²) < 4.78 is 10.0. The Morgan fingerprint density at radius 1 is 1.82 bits per heavy atom. The molecule has 1 atom stereocenters. The van der Waals surface area contributed by atoms with Crippen molar-refractivity contribution in [1.29, 1.82) is 0 Å². The first-order chi connectivity index (χ1) is 5.24. The Kier molecular flexibility index (Phi) is 6.49. The van der Waals surface area contributed by atoms with Crippen molar-refractivity contribution in [3.8, 4) is 0 Å². The van der Waals surface area contributed by atoms with Crippen LogP contribution in [0.1, 0.15) is 6.92 Å². The maximum Gasteiger partial charge on any atom is 0.222 e. The lowest BCUT2D eigenvalue weighted by atomic mass is 10.8. The molecule has 0 bridgehead atoms. The molecule has 0 aliphatic rings. The van der Waals surface area contributed by atoms with Crippen LogP contribution in [0.25, 0.3) is 0 Å². The minimum absolute atomic E-state index is 0.339. The Balaban J connectivity index is 3.62. The maximum atomic E-state index is 10.2. The first kappa shape index (κ1) is 10.9. The monoisotopic (exact) mass is 194 g/mol. The number of aldehydes is 1. The van der Waals surface area contributed by atoms with Crippen molar-refractivity contribution in [3.63, 3.8) is 0 Å². The molecule has 0 N–H and O–H groups in total. The summed E-state index contributed by atoms with van der Waals surface area (Å²) in [4.78, 5) is 10.2. The Labute approximate surface area is 75.4 Å². The van der Waals surface area contributed by atoms with E-state index in [1.807, 2.05) is 6.92 Å². The second kappa shape index (κ2) is 6.57. The lowest BCUT2D eigenvalue weighted by Gasteiger charge is -2.07. The molecule has 0 saturated carbocycles. The fourth-order valence-corrected chi connectivity index (χ4v) is 1.31. The Morgan fingerprint density at radius 3 is 2.82 bits per heavy atom. The molecule has 0 radical (unpaired) electrons. The van der Waals surface area contributed by atoms with Crippen LogP contribution in [0.2, 0.25) is 0 Å². The predicted molar refractivity (Wildman–Crippen MR) is 48.7 cm³/mol. The third-order valence-electron chi connectivity index (χ3n) is 0.818. The molecule has 0 fully saturated rings. The van der Waals surface area contributed by atoms with Gasteiger partial charge in [0.25, 0.3) is 0 Å². The average molecular weight is 194 g/mol. The summed E-state index contributed by atoms with van der Waals surface area (Å²) in [6, 6.07) is 0. The summed E-state index contributed by atoms with van der Waals surface area (Å²) in [6.07, 6.45) is 0.677. The minimum atomic E-state index is -0.547. The molecule has 0 rings (SSSR count). The second-order valence-corrected chi connectivity index (χ2v) is 3.24. The minimum Gasteiger partial charge on any atom is -0.479 e. The van der Waals surface area contributed by atoms with Gasteiger partial charge >= 0.3 is 0 Å². The summed E-state index contributed by atoms with van der Waals surface area (Å²) in [7, 11) is 1.45. The summed E-state index contributed by atoms with van der Waals surface area (Å²) in [5.41, 5.74) is -0.547. The van der Waals surface area contributed by atoms with Crippen molar-refractivity contribution < 1.29 is 14.3 Å². The van der Waals surface area contributed by atoms with Crippen LogP contribution in [0.5, 0.6) is 0 Å². The van der Waals surface area contributed by atoms with Gasteiger partial charge < -0.3 is 9.47 Å². The van der Waals surface area contributed by atoms with E-state index in [9.17, 15) is 4.79 Å². The normalized spacial score (nSPS) is 12.2. The number of carbonyl (C=O) groups is 1. The van der Waals surface area contributed by atoms with Crippen LogP contribution in [0, 0.1) is 0 Å². The maximum absolute atomic E-state index is 10.2. The predicted octanol–water partition coefficient (Wildman–Crippen LogP) is 1.21. The van der Waals surface area contributed by atoms with Crippen LogP contribution < -0.4 is 0 Å². The highest BCUT2D eigenvalue weighted by Gasteiger charge is 2.09. The molecule has 1 unspecified atom stereocenters. The van der Waals surface area contributed by atoms with E-state index in [1.165, 1.54) is 7.11 Å². The van der Waals surface area contributed by atoms with E-state index in [0.717, 1.165) is 11.8 Å². The zero-order valence-corrected chi connectivity index (χ0v) is 8.04. The van der Waals surface area contributed by atoms with Gasteiger partial charge in [0.1, 0.15) is 0 Å². The largest absolute Gasteiger partial charge is 0.479 e. The van der Waals surface area contributed by atoms with Gasteiger partial charge in [-0.25, -0.2) is 0 Å². The number of hydrogen-bond acceptors (Lipinski definition) is 5. The lowest BCUT2D eigenvalue weighted by molar-refractivity contribution is -0.112. The van der Waals surface area contributed by atoms with Gasteiger partial charge in [0, 0.05) is 7.11 Å². The van der Waals surface area contributed by atoms with Crippen molar-refractivity contribution in [3.05, 3.63) is 0 Å². The lowest BCUT2D eigenvalue weighted by Crippen LogP contribution is -2.11. The molecule has 0 aromatic rings. The number of hydrogen-bond donors (Lipinski definition) is 0. The van der Waals surface area contributed by atoms with Gasteiger partial charge in [-0.1, -0.05) is 0 Å². The highest BCUT2D eigenvalue weighted by molar-refractivity contribution is 8.23. The topological polar surface area (TPSA) is 35.5 Å². The van der Waals surface area contributed by atoms with Crippen molar-refractivity contribution in [2.45, 2.75) is 12.4 Å². The molecule has 0 amide bonds. The van der Waals surface area contributed by atoms with Crippen LogP contribution in [-0.2, 0) is 14.3 Å². The zero-order chi connectivity index (χ0) is 8.69. The summed E-state index contributed by atoms with van der Waals surface area (Å²) in [5, 5.41) is 0. The van der Waals surface area contributed by atoms with Crippen LogP contribution >= 0.6 is 24.0 Å². The molecule has 0 aliphatic carbocycles. The number of methoxy groups -OCH3 is 1. The van der Waals surface area contributed by atoms with Gasteiger partial charge in [0.15, 0.2) is 11.7 Å². The highest BCUT2D eigenvalue weighted by atomic mass is 32.2. The first-order valence-corrected chi connectivity index (χ1v) is 4.34. The molecule has 0 aromatic heterocycles. The first-order valence-electron chi connectivity index (χ1n) is 3.06. The van der Waals surface area contributed by atoms with Crippen molar-refractivity contribution in [2.75, 3.05) is 13.7 Å². The second-order valence-electron chi connectivity index (χ2n) is 1.54. The van der Waals surface area contributed by atoms with Crippen LogP contribution in [0.15, 0.2) is 0 Å². The standard InChI is InChI=1S/C6H10O3S2/c1-3-9-6(10)11-5(4-7)8-2/h4-5H,3H2,1-2H3. The Morgan fingerprint density at radius 2 is 2.45 bits per heavy atom. The smallest absolute Gasteiger partial charge is 0.222 e. The Hall–Kier alpha value is -0.130. The third kappa shape index (κ3) is 5.17. The van der Waals surface area contributed by atoms with Crippen molar-refractivity contribution in [1.82, 2.24) is 0 Å². The number of ether oxygens (including phenoxy) is 2. The number of thioether (sulfide) groups is 1. The number of rotatable bonds is 4. The molecule has 0 aliphatic heterocycles. The van der Waals surface area contributed by atoms with E-state index in [-0.39, 0.29) is 0 Å². The fraction of sp³-hybridized carbons (Fsp3) is 0.667. The molecule has 0 heterocycles. The van der Waals surface area contributed by atoms with E-state index in [2.05, 4.69) is 0 Å². The van der Waals surface area contributed by atoms with Gasteiger partial charge in [0.2, 0.25) is 4.38 Å². The third-order valence-corrected chi connectivity index (χ3v) is 2.07. The summed E-state index contributed by atoms with van der Waals surface area (Å²) in [5.74, 6) is 0. The van der Waals surface area contributed by atoms with E-state index in [4.69, 9.17) is 21.7 Å². The van der Waals surface area contributed by atoms with Gasteiger partial charge in [0.05, 0.1) is 6.61 Å². The van der Waals surface area contributed by atoms with E-state index >= 15 is 0 Å². The zero-order valence-electron chi connectivity index (χ0n) is 6.40. The fourth-order valence-electron chi connectivity index (χ4n) is 0.378. The van der Waals surface area contributed by atoms with Gasteiger partial charge in [-0.3, -0.25) is 4.79 Å². The molecule has 5 heteroatoms. The highest BCUT2D eigenvalue weighted by Crippen LogP contribution is 2.12. The molecule has 0 aromatic carbocycles. The molecule has 3 nitrogen and oxygen atoms in total. The summed E-state index contributed by atoms with van der Waals surface area (Å²) in [6.45, 7) is 2.34.